The molecule has 2 atom stereocenters. The van der Waals surface area contributed by atoms with E-state index in [1.54, 1.807) is 24.3 Å². The van der Waals surface area contributed by atoms with Gasteiger partial charge in [0.2, 0.25) is 5.91 Å². The van der Waals surface area contributed by atoms with Crippen LogP contribution in [0.1, 0.15) is 24.3 Å². The fraction of sp³-hybridized carbons (Fsp3) is 0.357. The van der Waals surface area contributed by atoms with Gasteiger partial charge in [0.1, 0.15) is 11.8 Å². The number of halogens is 1. The van der Waals surface area contributed by atoms with Crippen molar-refractivity contribution in [2.75, 3.05) is 6.54 Å². The van der Waals surface area contributed by atoms with Gasteiger partial charge in [-0.25, -0.2) is 0 Å². The molecule has 2 aliphatic rings. The Morgan fingerprint density at radius 2 is 2.05 bits per heavy atom. The summed E-state index contributed by atoms with van der Waals surface area (Å²) in [6.07, 6.45) is 1.89. The van der Waals surface area contributed by atoms with E-state index in [4.69, 9.17) is 11.6 Å². The molecule has 1 aromatic rings. The summed E-state index contributed by atoms with van der Waals surface area (Å²) in [5.74, 6) is -1.33. The van der Waals surface area contributed by atoms with Crippen molar-refractivity contribution in [2.24, 2.45) is 4.99 Å². The molecule has 104 valence electrons. The summed E-state index contributed by atoms with van der Waals surface area (Å²) in [5.41, 5.74) is 0.499. The highest BCUT2D eigenvalue weighted by Gasteiger charge is 2.37. The lowest BCUT2D eigenvalue weighted by atomic mass is 9.95. The molecule has 20 heavy (non-hydrogen) atoms. The molecule has 0 aromatic heterocycles. The molecule has 1 aromatic carbocycles. The highest BCUT2D eigenvalue weighted by Crippen LogP contribution is 2.27. The molecule has 0 radical (unpaired) electrons. The summed E-state index contributed by atoms with van der Waals surface area (Å²) < 4.78 is 0. The predicted molar refractivity (Wildman–Crippen MR) is 75.8 cm³/mol. The third-order valence-electron chi connectivity index (χ3n) is 3.60. The smallest absolute Gasteiger partial charge is 0.264 e. The van der Waals surface area contributed by atoms with E-state index in [0.717, 1.165) is 19.4 Å². The third kappa shape index (κ3) is 2.34. The molecule has 6 heteroatoms. The third-order valence-corrected chi connectivity index (χ3v) is 3.94. The Balaban J connectivity index is 1.90. The second kappa shape index (κ2) is 5.34. The molecule has 0 bridgehead atoms. The fourth-order valence-electron chi connectivity index (χ4n) is 2.59. The van der Waals surface area contributed by atoms with Crippen molar-refractivity contribution in [2.45, 2.75) is 24.8 Å². The Morgan fingerprint density at radius 3 is 2.70 bits per heavy atom. The Labute approximate surface area is 121 Å². The van der Waals surface area contributed by atoms with E-state index in [9.17, 15) is 9.59 Å². The first-order chi connectivity index (χ1) is 9.66. The normalized spacial score (nSPS) is 26.4. The number of rotatable bonds is 2. The Bertz CT molecular complexity index is 594. The first-order valence-corrected chi connectivity index (χ1v) is 6.95. The molecule has 2 amide bonds. The molecule has 0 spiro atoms. The summed E-state index contributed by atoms with van der Waals surface area (Å²) in [6.45, 7) is 0.877. The highest BCUT2D eigenvalue weighted by atomic mass is 35.5. The number of carbonyl (C=O) groups is 2. The number of amidine groups is 1. The van der Waals surface area contributed by atoms with Gasteiger partial charge in [-0.15, -0.1) is 0 Å². The molecular formula is C14H14ClN3O2. The van der Waals surface area contributed by atoms with Crippen LogP contribution >= 0.6 is 11.6 Å². The first kappa shape index (κ1) is 13.3. The maximum atomic E-state index is 12.2. The number of amides is 2. The standard InChI is InChI=1S/C14H14ClN3O2/c15-9-5-2-1-4-8(9)11-13(19)17-12(18-14(11)20)10-6-3-7-16-10/h1-2,4-5,10-11,16H,3,6-7H2,(H,17,18,19,20). The quantitative estimate of drug-likeness (QED) is 0.805. The van der Waals surface area contributed by atoms with E-state index in [1.807, 2.05) is 0 Å². The van der Waals surface area contributed by atoms with Crippen LogP contribution in [0.3, 0.4) is 0 Å². The lowest BCUT2D eigenvalue weighted by molar-refractivity contribution is -0.129. The Kier molecular flexibility index (Phi) is 3.54. The minimum Gasteiger partial charge on any atom is -0.312 e. The van der Waals surface area contributed by atoms with Gasteiger partial charge >= 0.3 is 0 Å². The monoisotopic (exact) mass is 291 g/mol. The van der Waals surface area contributed by atoms with Gasteiger partial charge in [0.05, 0.1) is 6.04 Å². The zero-order chi connectivity index (χ0) is 14.1. The van der Waals surface area contributed by atoms with Gasteiger partial charge in [-0.2, -0.15) is 4.99 Å². The van der Waals surface area contributed by atoms with E-state index in [2.05, 4.69) is 15.6 Å². The van der Waals surface area contributed by atoms with Crippen LogP contribution in [0.4, 0.5) is 0 Å². The van der Waals surface area contributed by atoms with Gasteiger partial charge < -0.3 is 10.6 Å². The SMILES string of the molecule is O=C1N=C(C2CCCN2)NC(=O)C1c1ccccc1Cl. The van der Waals surface area contributed by atoms with Crippen LogP contribution < -0.4 is 10.6 Å². The van der Waals surface area contributed by atoms with Gasteiger partial charge in [-0.05, 0) is 31.0 Å². The molecule has 1 saturated heterocycles. The van der Waals surface area contributed by atoms with Crippen LogP contribution in [0, 0.1) is 0 Å². The lowest BCUT2D eigenvalue weighted by Crippen LogP contribution is -2.50. The zero-order valence-corrected chi connectivity index (χ0v) is 11.5. The highest BCUT2D eigenvalue weighted by molar-refractivity contribution is 6.32. The van der Waals surface area contributed by atoms with E-state index >= 15 is 0 Å². The predicted octanol–water partition coefficient (Wildman–Crippen LogP) is 1.23. The number of hydrogen-bond donors (Lipinski definition) is 2. The maximum absolute atomic E-state index is 12.2. The summed E-state index contributed by atoms with van der Waals surface area (Å²) >= 11 is 6.06. The second-order valence-electron chi connectivity index (χ2n) is 4.93. The van der Waals surface area contributed by atoms with Crippen LogP contribution in [-0.4, -0.2) is 30.2 Å². The van der Waals surface area contributed by atoms with Crippen LogP contribution in [0.2, 0.25) is 5.02 Å². The van der Waals surface area contributed by atoms with Gasteiger partial charge in [0, 0.05) is 5.02 Å². The van der Waals surface area contributed by atoms with Crippen molar-refractivity contribution < 1.29 is 9.59 Å². The van der Waals surface area contributed by atoms with Gasteiger partial charge in [0.25, 0.3) is 5.91 Å². The molecule has 2 heterocycles. The fourth-order valence-corrected chi connectivity index (χ4v) is 2.83. The second-order valence-corrected chi connectivity index (χ2v) is 5.34. The number of carbonyl (C=O) groups excluding carboxylic acids is 2. The van der Waals surface area contributed by atoms with Crippen molar-refractivity contribution in [1.82, 2.24) is 10.6 Å². The molecule has 2 aliphatic heterocycles. The van der Waals surface area contributed by atoms with Crippen LogP contribution in [-0.2, 0) is 9.59 Å². The molecule has 2 N–H and O–H groups in total. The first-order valence-electron chi connectivity index (χ1n) is 6.58. The minimum absolute atomic E-state index is 0.0323. The molecule has 5 nitrogen and oxygen atoms in total. The largest absolute Gasteiger partial charge is 0.312 e. The van der Waals surface area contributed by atoms with Crippen molar-refractivity contribution >= 4 is 29.3 Å². The van der Waals surface area contributed by atoms with Crippen LogP contribution in [0.25, 0.3) is 0 Å². The summed E-state index contributed by atoms with van der Waals surface area (Å²) in [5, 5.41) is 6.34. The van der Waals surface area contributed by atoms with E-state index in [1.165, 1.54) is 0 Å². The maximum Gasteiger partial charge on any atom is 0.264 e. The number of benzene rings is 1. The van der Waals surface area contributed by atoms with E-state index in [-0.39, 0.29) is 11.9 Å². The average Bonchev–Trinajstić information content (AvgIpc) is 2.94. The van der Waals surface area contributed by atoms with Crippen LogP contribution in [0.15, 0.2) is 29.3 Å². The van der Waals surface area contributed by atoms with E-state index < -0.39 is 11.8 Å². The van der Waals surface area contributed by atoms with Crippen molar-refractivity contribution in [3.8, 4) is 0 Å². The zero-order valence-electron chi connectivity index (χ0n) is 10.7. The van der Waals surface area contributed by atoms with Crippen molar-refractivity contribution in [3.63, 3.8) is 0 Å². The molecular weight excluding hydrogens is 278 g/mol. The Hall–Kier alpha value is -1.72. The number of nitrogens with one attached hydrogen (secondary N) is 2. The minimum atomic E-state index is -0.950. The topological polar surface area (TPSA) is 70.6 Å². The Morgan fingerprint density at radius 1 is 1.25 bits per heavy atom. The van der Waals surface area contributed by atoms with Gasteiger partial charge in [-0.3, -0.25) is 9.59 Å². The van der Waals surface area contributed by atoms with E-state index in [0.29, 0.717) is 16.4 Å². The summed E-state index contributed by atoms with van der Waals surface area (Å²) in [7, 11) is 0. The lowest BCUT2D eigenvalue weighted by Gasteiger charge is -2.24. The molecule has 0 saturated carbocycles. The number of aliphatic imine (C=N–C) groups is 1. The molecule has 1 fully saturated rings. The van der Waals surface area contributed by atoms with Gasteiger partial charge in [-0.1, -0.05) is 29.8 Å². The summed E-state index contributed by atoms with van der Waals surface area (Å²) in [6, 6.07) is 6.82. The molecule has 0 aliphatic carbocycles. The number of hydrogen-bond acceptors (Lipinski definition) is 3. The number of nitrogens with zero attached hydrogens (tertiary/aromatic N) is 1. The molecule has 3 rings (SSSR count). The van der Waals surface area contributed by atoms with Crippen LogP contribution in [0.5, 0.6) is 0 Å². The molecule has 2 unspecified atom stereocenters. The van der Waals surface area contributed by atoms with Crippen molar-refractivity contribution in [3.05, 3.63) is 34.9 Å². The summed E-state index contributed by atoms with van der Waals surface area (Å²) in [4.78, 5) is 28.5. The van der Waals surface area contributed by atoms with Gasteiger partial charge in [0.15, 0.2) is 0 Å². The van der Waals surface area contributed by atoms with Crippen molar-refractivity contribution in [1.29, 1.82) is 0 Å². The average molecular weight is 292 g/mol.